The monoisotopic (exact) mass is 382 g/mol. The van der Waals surface area contributed by atoms with E-state index in [1.807, 2.05) is 30.3 Å². The topological polar surface area (TPSA) is 56.5 Å². The summed E-state index contributed by atoms with van der Waals surface area (Å²) in [5, 5.41) is 2.68. The maximum absolute atomic E-state index is 13.9. The van der Waals surface area contributed by atoms with Crippen molar-refractivity contribution in [2.45, 2.75) is 6.61 Å². The van der Waals surface area contributed by atoms with Gasteiger partial charge < -0.3 is 9.15 Å². The molecule has 27 heavy (non-hydrogen) atoms. The second-order valence-electron chi connectivity index (χ2n) is 5.95. The summed E-state index contributed by atoms with van der Waals surface area (Å²) in [6.07, 6.45) is 0. The van der Waals surface area contributed by atoms with Gasteiger partial charge in [0.05, 0.1) is 5.56 Å². The molecule has 0 amide bonds. The molecule has 6 heteroatoms. The number of ether oxygens (including phenoxy) is 1. The fourth-order valence-electron chi connectivity index (χ4n) is 3.01. The Morgan fingerprint density at radius 2 is 1.89 bits per heavy atom. The Morgan fingerprint density at radius 1 is 1.07 bits per heavy atom. The smallest absolute Gasteiger partial charge is 0.341 e. The van der Waals surface area contributed by atoms with E-state index in [1.54, 1.807) is 6.07 Å². The highest BCUT2D eigenvalue weighted by atomic mass is 35.5. The van der Waals surface area contributed by atoms with Crippen molar-refractivity contribution in [3.63, 3.8) is 0 Å². The first-order chi connectivity index (χ1) is 13.0. The molecule has 1 heterocycles. The van der Waals surface area contributed by atoms with Gasteiger partial charge in [-0.2, -0.15) is 0 Å². The van der Waals surface area contributed by atoms with E-state index in [0.29, 0.717) is 16.5 Å². The van der Waals surface area contributed by atoms with E-state index in [0.717, 1.165) is 16.8 Å². The standard InChI is InChI=1S/C21H12ClFO4/c22-14-6-7-16(17(23)10-14)21(25)26-11-13-9-19(24)27-18-8-5-12-3-1-2-4-15(12)20(13)18/h1-10H,11H2. The largest absolute Gasteiger partial charge is 0.457 e. The van der Waals surface area contributed by atoms with Crippen LogP contribution in [0.5, 0.6) is 0 Å². The van der Waals surface area contributed by atoms with Gasteiger partial charge >= 0.3 is 11.6 Å². The summed E-state index contributed by atoms with van der Waals surface area (Å²) in [4.78, 5) is 24.1. The Morgan fingerprint density at radius 3 is 2.70 bits per heavy atom. The number of carbonyl (C=O) groups excluding carboxylic acids is 1. The molecule has 0 aliphatic heterocycles. The zero-order valence-electron chi connectivity index (χ0n) is 13.9. The number of hydrogen-bond acceptors (Lipinski definition) is 4. The molecule has 0 fully saturated rings. The minimum Gasteiger partial charge on any atom is -0.457 e. The van der Waals surface area contributed by atoms with Gasteiger partial charge in [-0.25, -0.2) is 14.0 Å². The third-order valence-electron chi connectivity index (χ3n) is 4.22. The minimum atomic E-state index is -0.842. The molecule has 3 aromatic carbocycles. The predicted molar refractivity (Wildman–Crippen MR) is 101 cm³/mol. The third kappa shape index (κ3) is 3.29. The molecule has 0 saturated heterocycles. The molecule has 4 rings (SSSR count). The zero-order chi connectivity index (χ0) is 19.0. The van der Waals surface area contributed by atoms with Crippen LogP contribution in [0.2, 0.25) is 5.02 Å². The van der Waals surface area contributed by atoms with Crippen LogP contribution in [0.4, 0.5) is 4.39 Å². The van der Waals surface area contributed by atoms with Crippen LogP contribution in [0.3, 0.4) is 0 Å². The van der Waals surface area contributed by atoms with Crippen LogP contribution in [0.15, 0.2) is 69.9 Å². The van der Waals surface area contributed by atoms with Crippen LogP contribution in [-0.4, -0.2) is 5.97 Å². The van der Waals surface area contributed by atoms with Crippen molar-refractivity contribution in [3.05, 3.63) is 93.1 Å². The molecular formula is C21H12ClFO4. The summed E-state index contributed by atoms with van der Waals surface area (Å²) >= 11 is 5.70. The van der Waals surface area contributed by atoms with E-state index in [2.05, 4.69) is 0 Å². The van der Waals surface area contributed by atoms with E-state index in [-0.39, 0.29) is 17.2 Å². The van der Waals surface area contributed by atoms with Gasteiger partial charge in [0.15, 0.2) is 0 Å². The Balaban J connectivity index is 1.74. The fraction of sp³-hybridized carbons (Fsp3) is 0.0476. The average Bonchev–Trinajstić information content (AvgIpc) is 2.65. The Kier molecular flexibility index (Phi) is 4.38. The van der Waals surface area contributed by atoms with Crippen LogP contribution in [-0.2, 0) is 11.3 Å². The van der Waals surface area contributed by atoms with Gasteiger partial charge in [0, 0.05) is 22.0 Å². The maximum Gasteiger partial charge on any atom is 0.341 e. The molecule has 4 nitrogen and oxygen atoms in total. The molecular weight excluding hydrogens is 371 g/mol. The number of hydrogen-bond donors (Lipinski definition) is 0. The number of rotatable bonds is 3. The van der Waals surface area contributed by atoms with E-state index in [9.17, 15) is 14.0 Å². The molecule has 0 bridgehead atoms. The van der Waals surface area contributed by atoms with E-state index in [4.69, 9.17) is 20.8 Å². The first kappa shape index (κ1) is 17.2. The highest BCUT2D eigenvalue weighted by molar-refractivity contribution is 6.30. The third-order valence-corrected chi connectivity index (χ3v) is 4.46. The molecule has 0 radical (unpaired) electrons. The summed E-state index contributed by atoms with van der Waals surface area (Å²) in [6, 6.07) is 16.1. The first-order valence-corrected chi connectivity index (χ1v) is 8.47. The second kappa shape index (κ2) is 6.85. The maximum atomic E-state index is 13.9. The Labute approximate surface area is 157 Å². The first-order valence-electron chi connectivity index (χ1n) is 8.09. The van der Waals surface area contributed by atoms with E-state index >= 15 is 0 Å². The van der Waals surface area contributed by atoms with Crippen molar-refractivity contribution in [3.8, 4) is 0 Å². The summed E-state index contributed by atoms with van der Waals surface area (Å²) < 4.78 is 24.4. The van der Waals surface area contributed by atoms with Crippen LogP contribution >= 0.6 is 11.6 Å². The Bertz CT molecular complexity index is 1250. The van der Waals surface area contributed by atoms with Crippen LogP contribution < -0.4 is 5.63 Å². The van der Waals surface area contributed by atoms with Crippen molar-refractivity contribution in [1.29, 1.82) is 0 Å². The SMILES string of the molecule is O=C(OCc1cc(=O)oc2ccc3ccccc3c12)c1ccc(Cl)cc1F. The molecule has 0 saturated carbocycles. The van der Waals surface area contributed by atoms with Gasteiger partial charge in [-0.15, -0.1) is 0 Å². The van der Waals surface area contributed by atoms with Crippen LogP contribution in [0.25, 0.3) is 21.7 Å². The lowest BCUT2D eigenvalue weighted by molar-refractivity contribution is 0.0468. The molecule has 0 N–H and O–H groups in total. The van der Waals surface area contributed by atoms with Gasteiger partial charge in [0.1, 0.15) is 18.0 Å². The summed E-state index contributed by atoms with van der Waals surface area (Å²) in [7, 11) is 0. The van der Waals surface area contributed by atoms with Gasteiger partial charge in [0.2, 0.25) is 0 Å². The molecule has 0 atom stereocenters. The lowest BCUT2D eigenvalue weighted by atomic mass is 10.0. The lowest BCUT2D eigenvalue weighted by Gasteiger charge is -2.10. The van der Waals surface area contributed by atoms with Gasteiger partial charge in [-0.05, 0) is 35.0 Å². The molecule has 1 aromatic heterocycles. The summed E-state index contributed by atoms with van der Waals surface area (Å²) in [5.41, 5.74) is 0.101. The quantitative estimate of drug-likeness (QED) is 0.281. The number of esters is 1. The zero-order valence-corrected chi connectivity index (χ0v) is 14.6. The van der Waals surface area contributed by atoms with Crippen molar-refractivity contribution in [2.75, 3.05) is 0 Å². The van der Waals surface area contributed by atoms with Crippen molar-refractivity contribution < 1.29 is 18.3 Å². The fourth-order valence-corrected chi connectivity index (χ4v) is 3.17. The van der Waals surface area contributed by atoms with Crippen molar-refractivity contribution >= 4 is 39.3 Å². The number of halogens is 2. The van der Waals surface area contributed by atoms with Crippen molar-refractivity contribution in [1.82, 2.24) is 0 Å². The Hall–Kier alpha value is -3.18. The van der Waals surface area contributed by atoms with Crippen molar-refractivity contribution in [2.24, 2.45) is 0 Å². The number of carbonyl (C=O) groups is 1. The van der Waals surface area contributed by atoms with E-state index < -0.39 is 17.4 Å². The minimum absolute atomic E-state index is 0.183. The number of benzene rings is 3. The number of fused-ring (bicyclic) bond motifs is 3. The molecule has 134 valence electrons. The lowest BCUT2D eigenvalue weighted by Crippen LogP contribution is -2.09. The average molecular weight is 383 g/mol. The molecule has 0 unspecified atom stereocenters. The second-order valence-corrected chi connectivity index (χ2v) is 6.39. The summed E-state index contributed by atoms with van der Waals surface area (Å²) in [6.45, 7) is -0.197. The van der Waals surface area contributed by atoms with Gasteiger partial charge in [-0.1, -0.05) is 41.9 Å². The predicted octanol–water partition coefficient (Wildman–Crippen LogP) is 5.10. The molecule has 4 aromatic rings. The van der Waals surface area contributed by atoms with E-state index in [1.165, 1.54) is 18.2 Å². The molecule has 0 spiro atoms. The van der Waals surface area contributed by atoms with Crippen LogP contribution in [0, 0.1) is 5.82 Å². The molecule has 0 aliphatic rings. The van der Waals surface area contributed by atoms with Gasteiger partial charge in [-0.3, -0.25) is 0 Å². The summed E-state index contributed by atoms with van der Waals surface area (Å²) in [5.74, 6) is -1.61. The van der Waals surface area contributed by atoms with Crippen LogP contribution in [0.1, 0.15) is 15.9 Å². The molecule has 0 aliphatic carbocycles. The normalized spacial score (nSPS) is 11.0. The van der Waals surface area contributed by atoms with Gasteiger partial charge in [0.25, 0.3) is 0 Å². The highest BCUT2D eigenvalue weighted by Crippen LogP contribution is 2.28. The highest BCUT2D eigenvalue weighted by Gasteiger charge is 2.16.